The van der Waals surface area contributed by atoms with E-state index in [1.807, 2.05) is 42.5 Å². The van der Waals surface area contributed by atoms with E-state index in [2.05, 4.69) is 6.07 Å². The largest absolute Gasteiger partial charge is 0.497 e. The van der Waals surface area contributed by atoms with Gasteiger partial charge in [0.2, 0.25) is 0 Å². The van der Waals surface area contributed by atoms with Crippen LogP contribution in [0.4, 0.5) is 0 Å². The quantitative estimate of drug-likeness (QED) is 0.907. The van der Waals surface area contributed by atoms with E-state index in [9.17, 15) is 0 Å². The fraction of sp³-hybridized carbons (Fsp3) is 0.250. The number of nitrogens with two attached hydrogens (primary N) is 1. The Labute approximate surface area is 119 Å². The third kappa shape index (κ3) is 3.98. The maximum absolute atomic E-state index is 6.20. The first-order valence-electron chi connectivity index (χ1n) is 6.31. The Morgan fingerprint density at radius 3 is 2.63 bits per heavy atom. The van der Waals surface area contributed by atoms with E-state index in [1.54, 1.807) is 7.11 Å². The molecule has 0 saturated carbocycles. The Kier molecular flexibility index (Phi) is 4.83. The molecule has 2 rings (SSSR count). The minimum Gasteiger partial charge on any atom is -0.497 e. The summed E-state index contributed by atoms with van der Waals surface area (Å²) >= 11 is 6.14. The fourth-order valence-electron chi connectivity index (χ4n) is 2.12. The molecule has 19 heavy (non-hydrogen) atoms. The highest BCUT2D eigenvalue weighted by molar-refractivity contribution is 6.31. The van der Waals surface area contributed by atoms with Crippen LogP contribution in [-0.4, -0.2) is 13.2 Å². The van der Waals surface area contributed by atoms with E-state index < -0.39 is 0 Å². The van der Waals surface area contributed by atoms with Crippen molar-refractivity contribution in [2.75, 3.05) is 7.11 Å². The van der Waals surface area contributed by atoms with Gasteiger partial charge in [-0.3, -0.25) is 0 Å². The van der Waals surface area contributed by atoms with E-state index in [0.29, 0.717) is 0 Å². The second-order valence-corrected chi connectivity index (χ2v) is 5.02. The van der Waals surface area contributed by atoms with Gasteiger partial charge < -0.3 is 10.5 Å². The molecule has 2 aromatic rings. The molecule has 0 bridgehead atoms. The first-order chi connectivity index (χ1) is 9.19. The lowest BCUT2D eigenvalue weighted by Crippen LogP contribution is -2.25. The lowest BCUT2D eigenvalue weighted by Gasteiger charge is -2.13. The van der Waals surface area contributed by atoms with Gasteiger partial charge in [-0.05, 0) is 42.2 Å². The standard InChI is InChI=1S/C16H18ClNO/c1-19-15-7-4-5-12(10-15)9-14(18)11-13-6-2-3-8-16(13)17/h2-8,10,14H,9,11,18H2,1H3. The molecule has 1 unspecified atom stereocenters. The molecule has 0 saturated heterocycles. The number of rotatable bonds is 5. The van der Waals surface area contributed by atoms with Crippen LogP contribution in [0, 0.1) is 0 Å². The predicted molar refractivity (Wildman–Crippen MR) is 79.8 cm³/mol. The van der Waals surface area contributed by atoms with Crippen LogP contribution in [0.1, 0.15) is 11.1 Å². The molecule has 0 aromatic heterocycles. The monoisotopic (exact) mass is 275 g/mol. The van der Waals surface area contributed by atoms with Crippen LogP contribution in [0.15, 0.2) is 48.5 Å². The highest BCUT2D eigenvalue weighted by atomic mass is 35.5. The lowest BCUT2D eigenvalue weighted by molar-refractivity contribution is 0.414. The Morgan fingerprint density at radius 1 is 1.11 bits per heavy atom. The molecule has 2 nitrogen and oxygen atoms in total. The maximum Gasteiger partial charge on any atom is 0.119 e. The van der Waals surface area contributed by atoms with Gasteiger partial charge in [-0.2, -0.15) is 0 Å². The van der Waals surface area contributed by atoms with Crippen LogP contribution in [0.5, 0.6) is 5.75 Å². The summed E-state index contributed by atoms with van der Waals surface area (Å²) < 4.78 is 5.21. The number of methoxy groups -OCH3 is 1. The third-order valence-electron chi connectivity index (χ3n) is 3.07. The van der Waals surface area contributed by atoms with Crippen molar-refractivity contribution in [2.24, 2.45) is 5.73 Å². The average Bonchev–Trinajstić information content (AvgIpc) is 2.41. The normalized spacial score (nSPS) is 12.2. The van der Waals surface area contributed by atoms with Crippen molar-refractivity contribution in [3.05, 3.63) is 64.7 Å². The van der Waals surface area contributed by atoms with Gasteiger partial charge in [0.25, 0.3) is 0 Å². The fourth-order valence-corrected chi connectivity index (χ4v) is 2.33. The summed E-state index contributed by atoms with van der Waals surface area (Å²) in [7, 11) is 1.67. The van der Waals surface area contributed by atoms with Gasteiger partial charge in [0, 0.05) is 11.1 Å². The highest BCUT2D eigenvalue weighted by Crippen LogP contribution is 2.18. The second kappa shape index (κ2) is 6.60. The van der Waals surface area contributed by atoms with E-state index in [0.717, 1.165) is 29.2 Å². The van der Waals surface area contributed by atoms with Crippen LogP contribution in [0.25, 0.3) is 0 Å². The van der Waals surface area contributed by atoms with Gasteiger partial charge in [-0.1, -0.05) is 41.9 Å². The second-order valence-electron chi connectivity index (χ2n) is 4.61. The first-order valence-corrected chi connectivity index (χ1v) is 6.68. The Hall–Kier alpha value is -1.51. The molecule has 0 heterocycles. The summed E-state index contributed by atoms with van der Waals surface area (Å²) in [5.41, 5.74) is 8.48. The van der Waals surface area contributed by atoms with Crippen LogP contribution >= 0.6 is 11.6 Å². The molecule has 1 atom stereocenters. The van der Waals surface area contributed by atoms with Crippen LogP contribution in [0.2, 0.25) is 5.02 Å². The van der Waals surface area contributed by atoms with Crippen LogP contribution in [-0.2, 0) is 12.8 Å². The minimum atomic E-state index is 0.0482. The average molecular weight is 276 g/mol. The number of benzene rings is 2. The third-order valence-corrected chi connectivity index (χ3v) is 3.44. The van der Waals surface area contributed by atoms with Gasteiger partial charge >= 0.3 is 0 Å². The lowest BCUT2D eigenvalue weighted by atomic mass is 9.99. The zero-order valence-electron chi connectivity index (χ0n) is 11.0. The van der Waals surface area contributed by atoms with Crippen molar-refractivity contribution in [3.8, 4) is 5.75 Å². The smallest absolute Gasteiger partial charge is 0.119 e. The molecule has 0 aliphatic rings. The van der Waals surface area contributed by atoms with Crippen molar-refractivity contribution in [3.63, 3.8) is 0 Å². The van der Waals surface area contributed by atoms with Gasteiger partial charge in [0.15, 0.2) is 0 Å². The number of hydrogen-bond donors (Lipinski definition) is 1. The molecular weight excluding hydrogens is 258 g/mol. The number of ether oxygens (including phenoxy) is 1. The van der Waals surface area contributed by atoms with Crippen molar-refractivity contribution >= 4 is 11.6 Å². The molecule has 2 N–H and O–H groups in total. The summed E-state index contributed by atoms with van der Waals surface area (Å²) in [6, 6.07) is 15.9. The Bertz CT molecular complexity index is 542. The summed E-state index contributed by atoms with van der Waals surface area (Å²) in [4.78, 5) is 0. The van der Waals surface area contributed by atoms with Gasteiger partial charge in [-0.25, -0.2) is 0 Å². The SMILES string of the molecule is COc1cccc(CC(N)Cc2ccccc2Cl)c1. The summed E-state index contributed by atoms with van der Waals surface area (Å²) in [6.07, 6.45) is 1.58. The molecule has 2 aromatic carbocycles. The Morgan fingerprint density at radius 2 is 1.89 bits per heavy atom. The molecule has 0 aliphatic carbocycles. The van der Waals surface area contributed by atoms with E-state index >= 15 is 0 Å². The van der Waals surface area contributed by atoms with E-state index in [4.69, 9.17) is 22.1 Å². The van der Waals surface area contributed by atoms with Crippen molar-refractivity contribution in [2.45, 2.75) is 18.9 Å². The number of hydrogen-bond acceptors (Lipinski definition) is 2. The minimum absolute atomic E-state index is 0.0482. The summed E-state index contributed by atoms with van der Waals surface area (Å²) in [5.74, 6) is 0.863. The van der Waals surface area contributed by atoms with Gasteiger partial charge in [0.05, 0.1) is 7.11 Å². The molecule has 100 valence electrons. The van der Waals surface area contributed by atoms with Crippen molar-refractivity contribution in [1.82, 2.24) is 0 Å². The molecule has 0 spiro atoms. The van der Waals surface area contributed by atoms with Gasteiger partial charge in [0.1, 0.15) is 5.75 Å². The molecule has 0 fully saturated rings. The zero-order chi connectivity index (χ0) is 13.7. The van der Waals surface area contributed by atoms with E-state index in [-0.39, 0.29) is 6.04 Å². The molecule has 0 aliphatic heterocycles. The molecule has 3 heteroatoms. The first kappa shape index (κ1) is 13.9. The topological polar surface area (TPSA) is 35.2 Å². The van der Waals surface area contributed by atoms with Gasteiger partial charge in [-0.15, -0.1) is 0 Å². The predicted octanol–water partition coefficient (Wildman–Crippen LogP) is 3.46. The van der Waals surface area contributed by atoms with Crippen molar-refractivity contribution in [1.29, 1.82) is 0 Å². The Balaban J connectivity index is 2.01. The molecular formula is C16H18ClNO. The maximum atomic E-state index is 6.20. The molecule has 0 radical (unpaired) electrons. The molecule has 0 amide bonds. The van der Waals surface area contributed by atoms with E-state index in [1.165, 1.54) is 5.56 Å². The number of halogens is 1. The van der Waals surface area contributed by atoms with Crippen LogP contribution < -0.4 is 10.5 Å². The summed E-state index contributed by atoms with van der Waals surface area (Å²) in [5, 5.41) is 0.781. The zero-order valence-corrected chi connectivity index (χ0v) is 11.7. The van der Waals surface area contributed by atoms with Crippen molar-refractivity contribution < 1.29 is 4.74 Å². The highest BCUT2D eigenvalue weighted by Gasteiger charge is 2.08. The summed E-state index contributed by atoms with van der Waals surface area (Å²) in [6.45, 7) is 0. The van der Waals surface area contributed by atoms with Crippen LogP contribution in [0.3, 0.4) is 0 Å².